The maximum Gasteiger partial charge on any atom is 0.303 e. The summed E-state index contributed by atoms with van der Waals surface area (Å²) in [5.41, 5.74) is -3.89. The van der Waals surface area contributed by atoms with E-state index in [2.05, 4.69) is 0 Å². The Hall–Kier alpha value is -1.54. The molecule has 0 aromatic carbocycles. The van der Waals surface area contributed by atoms with Crippen molar-refractivity contribution in [3.05, 3.63) is 22.8 Å². The van der Waals surface area contributed by atoms with Crippen LogP contribution in [-0.4, -0.2) is 63.7 Å². The van der Waals surface area contributed by atoms with Crippen molar-refractivity contribution in [2.24, 2.45) is 17.8 Å². The summed E-state index contributed by atoms with van der Waals surface area (Å²) in [7, 11) is 1.49. The molecule has 0 aliphatic heterocycles. The molecule has 0 spiro atoms. The topological polar surface area (TPSA) is 113 Å². The molecule has 0 saturated heterocycles. The molecule has 3 aliphatic rings. The molecular weight excluding hydrogens is 388 g/mol. The molecule has 7 heteroatoms. The third kappa shape index (κ3) is 3.18. The minimum Gasteiger partial charge on any atom is -0.447 e. The second kappa shape index (κ2) is 7.55. The molecule has 168 valence electrons. The van der Waals surface area contributed by atoms with Crippen molar-refractivity contribution < 1.29 is 34.4 Å². The number of aliphatic hydroxyl groups excluding tert-OH is 1. The molecule has 0 aromatic heterocycles. The van der Waals surface area contributed by atoms with Crippen LogP contribution in [-0.2, 0) is 19.1 Å². The Bertz CT molecular complexity index is 812. The van der Waals surface area contributed by atoms with Gasteiger partial charge in [0.15, 0.2) is 5.60 Å². The number of ether oxygens (including phenoxy) is 2. The van der Waals surface area contributed by atoms with E-state index in [-0.39, 0.29) is 30.8 Å². The summed E-state index contributed by atoms with van der Waals surface area (Å²) in [4.78, 5) is 25.4. The van der Waals surface area contributed by atoms with E-state index >= 15 is 0 Å². The summed E-state index contributed by atoms with van der Waals surface area (Å²) in [5.74, 6) is -1.77. The Morgan fingerprint density at radius 2 is 1.97 bits per heavy atom. The van der Waals surface area contributed by atoms with Gasteiger partial charge in [-0.3, -0.25) is 9.59 Å². The number of fused-ring (bicyclic) bond motifs is 2. The van der Waals surface area contributed by atoms with Crippen LogP contribution in [0.5, 0.6) is 0 Å². The lowest BCUT2D eigenvalue weighted by Crippen LogP contribution is -2.57. The van der Waals surface area contributed by atoms with Gasteiger partial charge in [0.2, 0.25) is 11.4 Å². The van der Waals surface area contributed by atoms with Gasteiger partial charge in [0, 0.05) is 19.6 Å². The first kappa shape index (κ1) is 23.1. The standard InChI is InChI=1S/C23H34O7/c1-12(2)19-16-9-18(25)13(3)15-7-8-22(27,11-29-6)17(15)10-23(16,28)21(5,20(19)26)30-14(4)24/h10,12-13,15,18,25,27-28H,7-9,11H2,1-6H3/b17-10+/t13-,15+,18+,21+,22+,23+/m1/s1. The number of carbonyl (C=O) groups excluding carboxylic acids is 2. The fourth-order valence-electron chi connectivity index (χ4n) is 5.68. The number of hydrogen-bond donors (Lipinski definition) is 3. The van der Waals surface area contributed by atoms with Crippen LogP contribution in [0.2, 0.25) is 0 Å². The van der Waals surface area contributed by atoms with E-state index in [1.165, 1.54) is 27.0 Å². The van der Waals surface area contributed by atoms with Crippen LogP contribution in [0.15, 0.2) is 22.8 Å². The van der Waals surface area contributed by atoms with Gasteiger partial charge in [-0.05, 0) is 61.2 Å². The average Bonchev–Trinajstić information content (AvgIpc) is 3.00. The summed E-state index contributed by atoms with van der Waals surface area (Å²) in [6.07, 6.45) is 1.83. The monoisotopic (exact) mass is 422 g/mol. The van der Waals surface area contributed by atoms with Crippen molar-refractivity contribution in [1.29, 1.82) is 0 Å². The minimum atomic E-state index is -1.96. The lowest BCUT2D eigenvalue weighted by molar-refractivity contribution is -0.177. The van der Waals surface area contributed by atoms with Gasteiger partial charge >= 0.3 is 5.97 Å². The smallest absolute Gasteiger partial charge is 0.303 e. The van der Waals surface area contributed by atoms with E-state index in [4.69, 9.17) is 9.47 Å². The molecule has 0 bridgehead atoms. The predicted octanol–water partition coefficient (Wildman–Crippen LogP) is 1.69. The SMILES string of the molecule is COC[C@@]1(O)CC[C@@H]2/C1=C\[C@]1(O)C(=C(C(C)C)C(=O)[C@]1(C)OC(C)=O)C[C@H](O)[C@@H]2C. The van der Waals surface area contributed by atoms with E-state index in [1.54, 1.807) is 0 Å². The summed E-state index contributed by atoms with van der Waals surface area (Å²) in [6, 6.07) is 0. The first-order valence-corrected chi connectivity index (χ1v) is 10.6. The average molecular weight is 423 g/mol. The molecule has 3 aliphatic carbocycles. The van der Waals surface area contributed by atoms with Crippen LogP contribution in [0.3, 0.4) is 0 Å². The van der Waals surface area contributed by atoms with Gasteiger partial charge in [0.25, 0.3) is 0 Å². The second-order valence-corrected chi connectivity index (χ2v) is 9.61. The number of methoxy groups -OCH3 is 1. The number of hydrogen-bond acceptors (Lipinski definition) is 7. The largest absolute Gasteiger partial charge is 0.447 e. The number of esters is 1. The maximum atomic E-state index is 13.5. The molecule has 6 atom stereocenters. The number of carbonyl (C=O) groups is 2. The molecular formula is C23H34O7. The Kier molecular flexibility index (Phi) is 5.82. The number of rotatable bonds is 4. The second-order valence-electron chi connectivity index (χ2n) is 9.61. The zero-order chi connectivity index (χ0) is 22.6. The molecule has 7 nitrogen and oxygen atoms in total. The summed E-state index contributed by atoms with van der Waals surface area (Å²) >= 11 is 0. The lowest BCUT2D eigenvalue weighted by atomic mass is 9.70. The van der Waals surface area contributed by atoms with Crippen molar-refractivity contribution in [3.63, 3.8) is 0 Å². The quantitative estimate of drug-likeness (QED) is 0.467. The Morgan fingerprint density at radius 1 is 1.33 bits per heavy atom. The van der Waals surface area contributed by atoms with Gasteiger partial charge in [0.05, 0.1) is 12.7 Å². The Labute approximate surface area is 177 Å². The first-order chi connectivity index (χ1) is 13.8. The predicted molar refractivity (Wildman–Crippen MR) is 109 cm³/mol. The van der Waals surface area contributed by atoms with Crippen molar-refractivity contribution >= 4 is 11.8 Å². The summed E-state index contributed by atoms with van der Waals surface area (Å²) < 4.78 is 10.7. The number of aliphatic hydroxyl groups is 3. The van der Waals surface area contributed by atoms with Crippen molar-refractivity contribution in [1.82, 2.24) is 0 Å². The van der Waals surface area contributed by atoms with E-state index < -0.39 is 34.7 Å². The molecule has 3 rings (SSSR count). The normalized spacial score (nSPS) is 43.1. The zero-order valence-corrected chi connectivity index (χ0v) is 18.7. The van der Waals surface area contributed by atoms with Crippen molar-refractivity contribution in [3.8, 4) is 0 Å². The van der Waals surface area contributed by atoms with Gasteiger partial charge in [0.1, 0.15) is 5.60 Å². The van der Waals surface area contributed by atoms with Gasteiger partial charge in [-0.2, -0.15) is 0 Å². The molecule has 3 N–H and O–H groups in total. The fourth-order valence-corrected chi connectivity index (χ4v) is 5.68. The molecule has 1 saturated carbocycles. The van der Waals surface area contributed by atoms with E-state index in [9.17, 15) is 24.9 Å². The van der Waals surface area contributed by atoms with Crippen LogP contribution < -0.4 is 0 Å². The third-order valence-electron chi connectivity index (χ3n) is 7.32. The van der Waals surface area contributed by atoms with Crippen molar-refractivity contribution in [2.75, 3.05) is 13.7 Å². The third-order valence-corrected chi connectivity index (χ3v) is 7.32. The summed E-state index contributed by atoms with van der Waals surface area (Å²) in [5, 5.41) is 34.4. The van der Waals surface area contributed by atoms with Crippen molar-refractivity contribution in [2.45, 2.75) is 76.8 Å². The van der Waals surface area contributed by atoms with Gasteiger partial charge in [-0.25, -0.2) is 0 Å². The Morgan fingerprint density at radius 3 is 2.50 bits per heavy atom. The number of ketones is 1. The molecule has 0 unspecified atom stereocenters. The first-order valence-electron chi connectivity index (χ1n) is 10.6. The zero-order valence-electron chi connectivity index (χ0n) is 18.7. The van der Waals surface area contributed by atoms with Gasteiger partial charge < -0.3 is 24.8 Å². The molecule has 1 fully saturated rings. The number of Topliss-reactive ketones (excluding diaryl/α,β-unsaturated/α-hetero) is 1. The maximum absolute atomic E-state index is 13.5. The highest BCUT2D eigenvalue weighted by Crippen LogP contribution is 2.55. The minimum absolute atomic E-state index is 0.0303. The van der Waals surface area contributed by atoms with E-state index in [1.807, 2.05) is 20.8 Å². The molecule has 0 aromatic rings. The van der Waals surface area contributed by atoms with Crippen LogP contribution in [0.1, 0.15) is 53.9 Å². The Balaban J connectivity index is 2.33. The summed E-state index contributed by atoms with van der Waals surface area (Å²) in [6.45, 7) is 8.23. The molecule has 0 amide bonds. The molecule has 30 heavy (non-hydrogen) atoms. The van der Waals surface area contributed by atoms with Gasteiger partial charge in [-0.1, -0.05) is 20.8 Å². The van der Waals surface area contributed by atoms with E-state index in [0.29, 0.717) is 29.6 Å². The van der Waals surface area contributed by atoms with Crippen LogP contribution in [0.4, 0.5) is 0 Å². The lowest BCUT2D eigenvalue weighted by Gasteiger charge is -2.42. The highest BCUT2D eigenvalue weighted by Gasteiger charge is 2.65. The van der Waals surface area contributed by atoms with Crippen LogP contribution in [0, 0.1) is 17.8 Å². The van der Waals surface area contributed by atoms with Crippen LogP contribution in [0.25, 0.3) is 0 Å². The van der Waals surface area contributed by atoms with E-state index in [0.717, 1.165) is 0 Å². The van der Waals surface area contributed by atoms with Gasteiger partial charge in [-0.15, -0.1) is 0 Å². The molecule has 0 radical (unpaired) electrons. The van der Waals surface area contributed by atoms with Crippen LogP contribution >= 0.6 is 0 Å². The fraction of sp³-hybridized carbons (Fsp3) is 0.739. The highest BCUT2D eigenvalue weighted by atomic mass is 16.6. The highest BCUT2D eigenvalue weighted by molar-refractivity contribution is 6.09. The molecule has 0 heterocycles.